The van der Waals surface area contributed by atoms with Gasteiger partial charge in [-0.25, -0.2) is 0 Å². The Hall–Kier alpha value is -0.870. The highest BCUT2D eigenvalue weighted by atomic mass is 32.1. The zero-order chi connectivity index (χ0) is 8.55. The van der Waals surface area contributed by atoms with Gasteiger partial charge in [0, 0.05) is 6.42 Å². The number of hydrogen-bond donors (Lipinski definition) is 1. The first-order chi connectivity index (χ1) is 5.83. The van der Waals surface area contributed by atoms with Gasteiger partial charge >= 0.3 is 0 Å². The molecule has 3 nitrogen and oxygen atoms in total. The molecule has 0 saturated heterocycles. The molecular weight excluding hydrogens is 174 g/mol. The van der Waals surface area contributed by atoms with E-state index in [1.165, 1.54) is 12.7 Å². The molecule has 1 heterocycles. The maximum absolute atomic E-state index is 9.53. The molecule has 0 amide bonds. The Balaban J connectivity index is 2.42. The molecule has 0 unspecified atom stereocenters. The molecule has 4 heteroatoms. The van der Waals surface area contributed by atoms with E-state index in [1.807, 2.05) is 11.4 Å². The zero-order valence-corrected chi connectivity index (χ0v) is 7.47. The summed E-state index contributed by atoms with van der Waals surface area (Å²) in [6, 6.07) is 2.02. The smallest absolute Gasteiger partial charge is 0.126 e. The molecule has 0 radical (unpaired) electrons. The molecule has 0 aromatic carbocycles. The highest BCUT2D eigenvalue weighted by molar-refractivity contribution is 7.12. The molecular formula is C8H9NO2S. The molecule has 64 valence electrons. The minimum Gasteiger partial charge on any atom is -0.399 e. The first-order valence-electron chi connectivity index (χ1n) is 3.68. The van der Waals surface area contributed by atoms with Crippen LogP contribution in [-0.2, 0) is 11.3 Å². The molecule has 0 spiro atoms. The van der Waals surface area contributed by atoms with E-state index in [-0.39, 0.29) is 0 Å². The van der Waals surface area contributed by atoms with Crippen LogP contribution in [0, 0.1) is 0 Å². The Morgan fingerprint density at radius 1 is 1.75 bits per heavy atom. The van der Waals surface area contributed by atoms with Gasteiger partial charge in [-0.3, -0.25) is 0 Å². The molecule has 1 N–H and O–H groups in total. The minimum absolute atomic E-state index is 0.479. The van der Waals surface area contributed by atoms with Crippen molar-refractivity contribution in [3.63, 3.8) is 0 Å². The predicted octanol–water partition coefficient (Wildman–Crippen LogP) is 1.02. The molecule has 0 bridgehead atoms. The second-order valence-corrected chi connectivity index (χ2v) is 3.57. The van der Waals surface area contributed by atoms with Gasteiger partial charge in [-0.1, -0.05) is 5.16 Å². The van der Waals surface area contributed by atoms with Gasteiger partial charge in [-0.05, 0) is 17.0 Å². The van der Waals surface area contributed by atoms with Crippen molar-refractivity contribution in [3.8, 4) is 0 Å². The fourth-order valence-electron chi connectivity index (χ4n) is 1.38. The summed E-state index contributed by atoms with van der Waals surface area (Å²) in [7, 11) is 1.49. The Kier molecular flexibility index (Phi) is 1.86. The van der Waals surface area contributed by atoms with Crippen molar-refractivity contribution in [2.24, 2.45) is 5.16 Å². The Bertz CT molecular complexity index is 319. The lowest BCUT2D eigenvalue weighted by Crippen LogP contribution is -2.15. The molecule has 1 aliphatic rings. The third kappa shape index (κ3) is 1.04. The summed E-state index contributed by atoms with van der Waals surface area (Å²) in [5.74, 6) is 0. The second kappa shape index (κ2) is 2.88. The van der Waals surface area contributed by atoms with Gasteiger partial charge in [0.05, 0.1) is 4.88 Å². The minimum atomic E-state index is -0.479. The first-order valence-corrected chi connectivity index (χ1v) is 4.56. The number of hydrogen-bond acceptors (Lipinski definition) is 4. The summed E-state index contributed by atoms with van der Waals surface area (Å²) in [5, 5.41) is 15.3. The fourth-order valence-corrected chi connectivity index (χ4v) is 2.34. The van der Waals surface area contributed by atoms with Gasteiger partial charge in [0.25, 0.3) is 0 Å². The summed E-state index contributed by atoms with van der Waals surface area (Å²) >= 11 is 1.59. The molecule has 1 atom stereocenters. The lowest BCUT2D eigenvalue weighted by molar-refractivity contribution is 0.198. The molecule has 1 aliphatic carbocycles. The summed E-state index contributed by atoms with van der Waals surface area (Å²) in [6.07, 6.45) is 0.188. The number of nitrogens with zero attached hydrogens (tertiary/aromatic N) is 1. The van der Waals surface area contributed by atoms with E-state index in [2.05, 4.69) is 9.99 Å². The number of thiophene rings is 1. The summed E-state index contributed by atoms with van der Waals surface area (Å²) < 4.78 is 0. The highest BCUT2D eigenvalue weighted by Crippen LogP contribution is 2.27. The van der Waals surface area contributed by atoms with Crippen molar-refractivity contribution < 1.29 is 9.94 Å². The van der Waals surface area contributed by atoms with Crippen molar-refractivity contribution in [3.05, 3.63) is 21.9 Å². The van der Waals surface area contributed by atoms with Crippen molar-refractivity contribution in [1.29, 1.82) is 0 Å². The number of oxime groups is 1. The lowest BCUT2D eigenvalue weighted by Gasteiger charge is -2.00. The number of aliphatic hydroxyl groups is 1. The van der Waals surface area contributed by atoms with Gasteiger partial charge in [0.1, 0.15) is 18.9 Å². The van der Waals surface area contributed by atoms with Gasteiger partial charge < -0.3 is 9.94 Å². The Morgan fingerprint density at radius 3 is 3.33 bits per heavy atom. The van der Waals surface area contributed by atoms with Crippen LogP contribution in [0.4, 0.5) is 0 Å². The van der Waals surface area contributed by atoms with Crippen LogP contribution < -0.4 is 0 Å². The standard InChI is InChI=1S/C8H9NO2S/c1-11-9-7-6(10)4-5-2-3-12-8(5)7/h2-3,6,10H,4H2,1H3/b9-7+/t6-/m1/s1. The van der Waals surface area contributed by atoms with Gasteiger partial charge in [0.15, 0.2) is 0 Å². The molecule has 0 fully saturated rings. The van der Waals surface area contributed by atoms with E-state index in [4.69, 9.17) is 0 Å². The van der Waals surface area contributed by atoms with E-state index in [0.29, 0.717) is 12.1 Å². The van der Waals surface area contributed by atoms with Crippen LogP contribution in [0.1, 0.15) is 10.4 Å². The first kappa shape index (κ1) is 7.76. The number of fused-ring (bicyclic) bond motifs is 1. The summed E-state index contributed by atoms with van der Waals surface area (Å²) in [6.45, 7) is 0. The monoisotopic (exact) mass is 183 g/mol. The van der Waals surface area contributed by atoms with Crippen molar-refractivity contribution >= 4 is 17.0 Å². The lowest BCUT2D eigenvalue weighted by atomic mass is 10.2. The highest BCUT2D eigenvalue weighted by Gasteiger charge is 2.28. The van der Waals surface area contributed by atoms with E-state index >= 15 is 0 Å². The van der Waals surface area contributed by atoms with Crippen LogP contribution >= 0.6 is 11.3 Å². The van der Waals surface area contributed by atoms with E-state index in [1.54, 1.807) is 11.3 Å². The zero-order valence-electron chi connectivity index (χ0n) is 6.65. The third-order valence-electron chi connectivity index (χ3n) is 1.90. The Morgan fingerprint density at radius 2 is 2.58 bits per heavy atom. The molecule has 0 saturated carbocycles. The largest absolute Gasteiger partial charge is 0.399 e. The topological polar surface area (TPSA) is 41.8 Å². The third-order valence-corrected chi connectivity index (χ3v) is 2.88. The van der Waals surface area contributed by atoms with Crippen LogP contribution in [-0.4, -0.2) is 24.0 Å². The summed E-state index contributed by atoms with van der Waals surface area (Å²) in [4.78, 5) is 5.72. The van der Waals surface area contributed by atoms with Crippen molar-refractivity contribution in [1.82, 2.24) is 0 Å². The van der Waals surface area contributed by atoms with Gasteiger partial charge in [0.2, 0.25) is 0 Å². The number of aliphatic hydroxyl groups excluding tert-OH is 1. The van der Waals surface area contributed by atoms with Crippen molar-refractivity contribution in [2.75, 3.05) is 7.11 Å². The molecule has 12 heavy (non-hydrogen) atoms. The summed E-state index contributed by atoms with van der Waals surface area (Å²) in [5.41, 5.74) is 1.84. The quantitative estimate of drug-likeness (QED) is 0.660. The average Bonchev–Trinajstić information content (AvgIpc) is 2.56. The predicted molar refractivity (Wildman–Crippen MR) is 47.6 cm³/mol. The van der Waals surface area contributed by atoms with Gasteiger partial charge in [-0.2, -0.15) is 0 Å². The van der Waals surface area contributed by atoms with E-state index in [9.17, 15) is 5.11 Å². The van der Waals surface area contributed by atoms with E-state index in [0.717, 1.165) is 4.88 Å². The van der Waals surface area contributed by atoms with Gasteiger partial charge in [-0.15, -0.1) is 11.3 Å². The fraction of sp³-hybridized carbons (Fsp3) is 0.375. The van der Waals surface area contributed by atoms with Crippen LogP contribution in [0.3, 0.4) is 0 Å². The molecule has 1 aromatic heterocycles. The normalized spacial score (nSPS) is 24.5. The average molecular weight is 183 g/mol. The second-order valence-electron chi connectivity index (χ2n) is 2.65. The number of rotatable bonds is 1. The SMILES string of the molecule is CO/N=C1/c2sccc2C[C@H]1O. The van der Waals surface area contributed by atoms with Crippen LogP contribution in [0.25, 0.3) is 0 Å². The maximum atomic E-state index is 9.53. The molecule has 2 rings (SSSR count). The van der Waals surface area contributed by atoms with E-state index < -0.39 is 6.10 Å². The Labute approximate surface area is 74.3 Å². The maximum Gasteiger partial charge on any atom is 0.126 e. The van der Waals surface area contributed by atoms with Crippen molar-refractivity contribution in [2.45, 2.75) is 12.5 Å². The van der Waals surface area contributed by atoms with Crippen LogP contribution in [0.15, 0.2) is 16.6 Å². The van der Waals surface area contributed by atoms with Crippen LogP contribution in [0.2, 0.25) is 0 Å². The molecule has 1 aromatic rings. The van der Waals surface area contributed by atoms with Crippen LogP contribution in [0.5, 0.6) is 0 Å². The molecule has 0 aliphatic heterocycles.